The maximum atomic E-state index is 13.0. The monoisotopic (exact) mass is 537 g/mol. The Morgan fingerprint density at radius 2 is 1.47 bits per heavy atom. The number of carbonyl (C=O) groups excluding carboxylic acids is 3. The quantitative estimate of drug-likeness (QED) is 0.435. The first-order chi connectivity index (χ1) is 14.5. The van der Waals surface area contributed by atoms with E-state index in [2.05, 4.69) is 48.9 Å². The minimum Gasteiger partial charge on any atom is -0.339 e. The van der Waals surface area contributed by atoms with Crippen molar-refractivity contribution in [2.24, 2.45) is 23.7 Å². The summed E-state index contributed by atoms with van der Waals surface area (Å²) >= 11 is 7.40. The van der Waals surface area contributed by atoms with E-state index in [9.17, 15) is 14.4 Å². The van der Waals surface area contributed by atoms with Gasteiger partial charge in [-0.15, -0.1) is 0 Å². The van der Waals surface area contributed by atoms with Gasteiger partial charge in [0, 0.05) is 42.4 Å². The van der Waals surface area contributed by atoms with Gasteiger partial charge in [0.15, 0.2) is 0 Å². The van der Waals surface area contributed by atoms with E-state index >= 15 is 0 Å². The predicted molar refractivity (Wildman–Crippen MR) is 119 cm³/mol. The summed E-state index contributed by atoms with van der Waals surface area (Å²) in [6.45, 7) is 3.63. The van der Waals surface area contributed by atoms with Crippen LogP contribution in [0.5, 0.6) is 0 Å². The van der Waals surface area contributed by atoms with Crippen LogP contribution in [0.4, 0.5) is 0 Å². The highest BCUT2D eigenvalue weighted by molar-refractivity contribution is 9.12. The number of piperazine rings is 1. The van der Waals surface area contributed by atoms with Gasteiger partial charge in [0.05, 0.1) is 11.8 Å². The molecule has 8 heteroatoms. The summed E-state index contributed by atoms with van der Waals surface area (Å²) in [7, 11) is 0. The summed E-state index contributed by atoms with van der Waals surface area (Å²) in [4.78, 5) is 44.7. The van der Waals surface area contributed by atoms with Gasteiger partial charge in [-0.3, -0.25) is 24.2 Å². The molecular weight excluding hydrogens is 514 g/mol. The molecule has 2 aliphatic carbocycles. The zero-order valence-corrected chi connectivity index (χ0v) is 19.8. The highest BCUT2D eigenvalue weighted by Gasteiger charge is 2.66. The van der Waals surface area contributed by atoms with Crippen LogP contribution >= 0.6 is 31.9 Å². The molecule has 0 radical (unpaired) electrons. The number of likely N-dealkylation sites (tertiary alicyclic amines) is 1. The summed E-state index contributed by atoms with van der Waals surface area (Å²) in [6.07, 6.45) is 0.907. The molecule has 6 nitrogen and oxygen atoms in total. The lowest BCUT2D eigenvalue weighted by atomic mass is 9.81. The molecule has 30 heavy (non-hydrogen) atoms. The number of fused-ring (bicyclic) bond motifs is 5. The van der Waals surface area contributed by atoms with Crippen molar-refractivity contribution in [2.75, 3.05) is 32.7 Å². The SMILES string of the molecule is O=C(CN1C(=O)[C@@H]2[C@@H]3C[C@H]([C@H](Br)[C@@H]3Br)[C@@H]2C1=O)N1CCN(Cc2ccccc2)CC1. The molecule has 2 aliphatic heterocycles. The van der Waals surface area contributed by atoms with Gasteiger partial charge in [0.25, 0.3) is 0 Å². The van der Waals surface area contributed by atoms with Crippen LogP contribution in [0.25, 0.3) is 0 Å². The Morgan fingerprint density at radius 3 is 2.03 bits per heavy atom. The number of benzene rings is 1. The molecule has 4 fully saturated rings. The Kier molecular flexibility index (Phi) is 5.52. The standard InChI is InChI=1S/C22H25Br2N3O3/c23-19-14-10-15(20(19)24)18-17(14)21(29)27(22(18)30)12-16(28)26-8-6-25(7-9-26)11-13-4-2-1-3-5-13/h1-5,14-15,17-20H,6-12H2/t14-,15-,17-,18+,19-,20+/m0/s1. The van der Waals surface area contributed by atoms with Crippen LogP contribution in [0, 0.1) is 23.7 Å². The largest absolute Gasteiger partial charge is 0.339 e. The maximum Gasteiger partial charge on any atom is 0.242 e. The van der Waals surface area contributed by atoms with Crippen molar-refractivity contribution in [2.45, 2.75) is 22.6 Å². The van der Waals surface area contributed by atoms with E-state index in [1.54, 1.807) is 4.90 Å². The van der Waals surface area contributed by atoms with E-state index in [1.165, 1.54) is 10.5 Å². The van der Waals surface area contributed by atoms with E-state index in [0.717, 1.165) is 26.1 Å². The summed E-state index contributed by atoms with van der Waals surface area (Å²) in [6, 6.07) is 10.3. The summed E-state index contributed by atoms with van der Waals surface area (Å²) in [5, 5.41) is 0. The highest BCUT2D eigenvalue weighted by Crippen LogP contribution is 2.60. The molecule has 5 rings (SSSR count). The number of alkyl halides is 2. The zero-order valence-electron chi connectivity index (χ0n) is 16.6. The first-order valence-electron chi connectivity index (χ1n) is 10.6. The number of carbonyl (C=O) groups is 3. The molecule has 0 aromatic heterocycles. The predicted octanol–water partition coefficient (Wildman–Crippen LogP) is 2.11. The number of halogens is 2. The molecule has 0 N–H and O–H groups in total. The number of hydrogen-bond donors (Lipinski definition) is 0. The molecule has 6 atom stereocenters. The van der Waals surface area contributed by atoms with E-state index in [4.69, 9.17) is 0 Å². The van der Waals surface area contributed by atoms with Crippen LogP contribution in [0.3, 0.4) is 0 Å². The third kappa shape index (κ3) is 3.35. The molecule has 160 valence electrons. The third-order valence-corrected chi connectivity index (χ3v) is 10.6. The molecule has 1 aromatic carbocycles. The Balaban J connectivity index is 1.18. The average Bonchev–Trinajstić information content (AvgIpc) is 3.36. The Morgan fingerprint density at radius 1 is 0.900 bits per heavy atom. The molecule has 2 saturated heterocycles. The lowest BCUT2D eigenvalue weighted by Gasteiger charge is -2.35. The van der Waals surface area contributed by atoms with Gasteiger partial charge in [0.2, 0.25) is 17.7 Å². The molecule has 4 aliphatic rings. The van der Waals surface area contributed by atoms with Crippen molar-refractivity contribution in [3.8, 4) is 0 Å². The van der Waals surface area contributed by atoms with Gasteiger partial charge in [-0.25, -0.2) is 0 Å². The van der Waals surface area contributed by atoms with Crippen molar-refractivity contribution in [3.05, 3.63) is 35.9 Å². The van der Waals surface area contributed by atoms with Crippen LogP contribution in [0.2, 0.25) is 0 Å². The number of rotatable bonds is 4. The maximum absolute atomic E-state index is 13.0. The lowest BCUT2D eigenvalue weighted by Crippen LogP contribution is -2.51. The van der Waals surface area contributed by atoms with Gasteiger partial charge in [-0.2, -0.15) is 0 Å². The second-order valence-corrected chi connectivity index (χ2v) is 11.0. The van der Waals surface area contributed by atoms with E-state index < -0.39 is 0 Å². The minimum atomic E-state index is -0.254. The lowest BCUT2D eigenvalue weighted by molar-refractivity contribution is -0.147. The molecule has 0 spiro atoms. The fourth-order valence-corrected chi connectivity index (χ4v) is 7.67. The van der Waals surface area contributed by atoms with Crippen LogP contribution in [-0.2, 0) is 20.9 Å². The first-order valence-corrected chi connectivity index (χ1v) is 12.5. The number of hydrogen-bond acceptors (Lipinski definition) is 4. The van der Waals surface area contributed by atoms with Crippen molar-refractivity contribution in [3.63, 3.8) is 0 Å². The Labute approximate surface area is 193 Å². The van der Waals surface area contributed by atoms with Gasteiger partial charge in [-0.05, 0) is 23.8 Å². The molecule has 0 unspecified atom stereocenters. The van der Waals surface area contributed by atoms with Crippen LogP contribution in [-0.4, -0.2) is 74.8 Å². The number of amides is 3. The highest BCUT2D eigenvalue weighted by atomic mass is 79.9. The van der Waals surface area contributed by atoms with E-state index in [1.807, 2.05) is 18.2 Å². The molecule has 2 saturated carbocycles. The smallest absolute Gasteiger partial charge is 0.242 e. The van der Waals surface area contributed by atoms with Crippen LogP contribution < -0.4 is 0 Å². The molecule has 3 amide bonds. The van der Waals surface area contributed by atoms with Gasteiger partial charge >= 0.3 is 0 Å². The van der Waals surface area contributed by atoms with Crippen molar-refractivity contribution in [1.82, 2.24) is 14.7 Å². The summed E-state index contributed by atoms with van der Waals surface area (Å²) < 4.78 is 0. The van der Waals surface area contributed by atoms with Gasteiger partial charge in [-0.1, -0.05) is 62.2 Å². The average molecular weight is 539 g/mol. The number of nitrogens with zero attached hydrogens (tertiary/aromatic N) is 3. The van der Waals surface area contributed by atoms with Crippen LogP contribution in [0.1, 0.15) is 12.0 Å². The van der Waals surface area contributed by atoms with Gasteiger partial charge < -0.3 is 4.90 Å². The topological polar surface area (TPSA) is 60.9 Å². The molecule has 1 aromatic rings. The Hall–Kier alpha value is -1.25. The van der Waals surface area contributed by atoms with Crippen molar-refractivity contribution >= 4 is 49.6 Å². The number of imide groups is 1. The molecule has 2 bridgehead atoms. The third-order valence-electron chi connectivity index (χ3n) is 7.35. The van der Waals surface area contributed by atoms with E-state index in [0.29, 0.717) is 13.1 Å². The Bertz CT molecular complexity index is 826. The van der Waals surface area contributed by atoms with E-state index in [-0.39, 0.29) is 57.6 Å². The normalized spacial score (nSPS) is 35.9. The second kappa shape index (κ2) is 8.02. The zero-order chi connectivity index (χ0) is 21.0. The molecular formula is C22H25Br2N3O3. The van der Waals surface area contributed by atoms with Crippen LogP contribution in [0.15, 0.2) is 30.3 Å². The fraction of sp³-hybridized carbons (Fsp3) is 0.591. The van der Waals surface area contributed by atoms with Gasteiger partial charge in [0.1, 0.15) is 6.54 Å². The molecule has 2 heterocycles. The summed E-state index contributed by atoms with van der Waals surface area (Å²) in [5.41, 5.74) is 1.27. The van der Waals surface area contributed by atoms with Crippen molar-refractivity contribution < 1.29 is 14.4 Å². The fourth-order valence-electron chi connectivity index (χ4n) is 5.80. The van der Waals surface area contributed by atoms with Crippen molar-refractivity contribution in [1.29, 1.82) is 0 Å². The summed E-state index contributed by atoms with van der Waals surface area (Å²) in [5.74, 6) is -0.540. The minimum absolute atomic E-state index is 0.108. The first kappa shape index (κ1) is 20.6. The second-order valence-electron chi connectivity index (χ2n) is 8.91.